The van der Waals surface area contributed by atoms with Gasteiger partial charge in [-0.1, -0.05) is 12.1 Å². The maximum absolute atomic E-state index is 5.39. The first kappa shape index (κ1) is 23.3. The number of hydrogen-bond donors (Lipinski definition) is 1. The molecule has 0 bridgehead atoms. The topological polar surface area (TPSA) is 53.2 Å². The normalized spacial score (nSPS) is 11.0. The molecular formula is C20H31IN4O2. The average molecular weight is 486 g/mol. The molecule has 6 nitrogen and oxygen atoms in total. The number of methoxy groups -OCH3 is 1. The third kappa shape index (κ3) is 8.21. The van der Waals surface area contributed by atoms with Crippen LogP contribution in [0.1, 0.15) is 11.3 Å². The standard InChI is InChI=1S/C20H30N4O2.HI/c1-23(2)18-8-5-7-17(15-18)16-24(3)20(22-12-14-25-4)21-11-10-19-9-6-13-26-19;/h5-9,13,15H,10-12,14,16H2,1-4H3,(H,21,22);1H. The minimum absolute atomic E-state index is 0. The van der Waals surface area contributed by atoms with Crippen LogP contribution in [0.25, 0.3) is 0 Å². The fourth-order valence-electron chi connectivity index (χ4n) is 2.59. The van der Waals surface area contributed by atoms with E-state index in [2.05, 4.69) is 58.5 Å². The molecule has 0 radical (unpaired) electrons. The summed E-state index contributed by atoms with van der Waals surface area (Å²) in [4.78, 5) is 8.89. The maximum Gasteiger partial charge on any atom is 0.194 e. The Morgan fingerprint density at radius 1 is 1.19 bits per heavy atom. The van der Waals surface area contributed by atoms with Crippen molar-refractivity contribution >= 4 is 35.6 Å². The van der Waals surface area contributed by atoms with Crippen molar-refractivity contribution in [1.29, 1.82) is 0 Å². The van der Waals surface area contributed by atoms with Gasteiger partial charge in [0.2, 0.25) is 0 Å². The number of ether oxygens (including phenoxy) is 1. The monoisotopic (exact) mass is 486 g/mol. The quantitative estimate of drug-likeness (QED) is 0.255. The summed E-state index contributed by atoms with van der Waals surface area (Å²) in [5.41, 5.74) is 2.44. The van der Waals surface area contributed by atoms with Crippen LogP contribution in [0.3, 0.4) is 0 Å². The summed E-state index contributed by atoms with van der Waals surface area (Å²) in [5, 5.41) is 3.42. The minimum atomic E-state index is 0. The Bertz CT molecular complexity index is 674. The zero-order valence-corrected chi connectivity index (χ0v) is 19.0. The van der Waals surface area contributed by atoms with Crippen LogP contribution in [-0.2, 0) is 17.7 Å². The summed E-state index contributed by atoms with van der Waals surface area (Å²) in [6, 6.07) is 12.4. The molecule has 0 saturated heterocycles. The molecular weight excluding hydrogens is 455 g/mol. The molecule has 0 aliphatic heterocycles. The van der Waals surface area contributed by atoms with Crippen molar-refractivity contribution in [3.63, 3.8) is 0 Å². The van der Waals surface area contributed by atoms with Gasteiger partial charge >= 0.3 is 0 Å². The van der Waals surface area contributed by atoms with E-state index in [9.17, 15) is 0 Å². The molecule has 1 aromatic carbocycles. The summed E-state index contributed by atoms with van der Waals surface area (Å²) in [5.74, 6) is 1.83. The van der Waals surface area contributed by atoms with Crippen molar-refractivity contribution in [3.05, 3.63) is 54.0 Å². The van der Waals surface area contributed by atoms with Crippen molar-refractivity contribution in [2.24, 2.45) is 4.99 Å². The highest BCUT2D eigenvalue weighted by atomic mass is 127. The second kappa shape index (κ2) is 12.6. The summed E-state index contributed by atoms with van der Waals surface area (Å²) in [6.07, 6.45) is 2.52. The highest BCUT2D eigenvalue weighted by Gasteiger charge is 2.08. The number of furan rings is 1. The molecule has 0 atom stereocenters. The highest BCUT2D eigenvalue weighted by molar-refractivity contribution is 14.0. The molecule has 0 spiro atoms. The van der Waals surface area contributed by atoms with Crippen LogP contribution >= 0.6 is 24.0 Å². The zero-order valence-electron chi connectivity index (χ0n) is 16.6. The van der Waals surface area contributed by atoms with E-state index >= 15 is 0 Å². The van der Waals surface area contributed by atoms with Crippen molar-refractivity contribution in [2.45, 2.75) is 13.0 Å². The van der Waals surface area contributed by atoms with E-state index in [4.69, 9.17) is 9.15 Å². The Balaban J connectivity index is 0.00000364. The van der Waals surface area contributed by atoms with Gasteiger partial charge in [0, 0.05) is 53.5 Å². The number of guanidine groups is 1. The third-order valence-corrected chi connectivity index (χ3v) is 4.00. The van der Waals surface area contributed by atoms with E-state index in [1.54, 1.807) is 13.4 Å². The molecule has 1 heterocycles. The van der Waals surface area contributed by atoms with Crippen LogP contribution in [-0.4, -0.2) is 58.8 Å². The number of halogens is 1. The Labute approximate surface area is 179 Å². The number of benzene rings is 1. The Morgan fingerprint density at radius 2 is 2.00 bits per heavy atom. The van der Waals surface area contributed by atoms with Crippen molar-refractivity contribution in [1.82, 2.24) is 10.2 Å². The van der Waals surface area contributed by atoms with Crippen LogP contribution in [0.2, 0.25) is 0 Å². The van der Waals surface area contributed by atoms with Crippen molar-refractivity contribution in [2.75, 3.05) is 52.8 Å². The predicted octanol–water partition coefficient (Wildman–Crippen LogP) is 3.23. The number of nitrogens with one attached hydrogen (secondary N) is 1. The Morgan fingerprint density at radius 3 is 2.67 bits per heavy atom. The minimum Gasteiger partial charge on any atom is -0.469 e. The first-order chi connectivity index (χ1) is 12.6. The second-order valence-corrected chi connectivity index (χ2v) is 6.37. The lowest BCUT2D eigenvalue weighted by Gasteiger charge is -2.23. The molecule has 150 valence electrons. The van der Waals surface area contributed by atoms with E-state index in [0.717, 1.165) is 31.2 Å². The fraction of sp³-hybridized carbons (Fsp3) is 0.450. The molecule has 0 unspecified atom stereocenters. The van der Waals surface area contributed by atoms with Crippen LogP contribution < -0.4 is 10.2 Å². The third-order valence-electron chi connectivity index (χ3n) is 4.00. The van der Waals surface area contributed by atoms with Gasteiger partial charge in [0.25, 0.3) is 0 Å². The summed E-state index contributed by atoms with van der Waals surface area (Å²) >= 11 is 0. The van der Waals surface area contributed by atoms with Crippen molar-refractivity contribution < 1.29 is 9.15 Å². The van der Waals surface area contributed by atoms with Gasteiger partial charge in [0.15, 0.2) is 5.96 Å². The largest absolute Gasteiger partial charge is 0.469 e. The summed E-state index contributed by atoms with van der Waals surface area (Å²) < 4.78 is 10.5. The lowest BCUT2D eigenvalue weighted by molar-refractivity contribution is 0.207. The molecule has 0 saturated carbocycles. The van der Waals surface area contributed by atoms with E-state index in [1.165, 1.54) is 11.3 Å². The Hall–Kier alpha value is -1.74. The smallest absolute Gasteiger partial charge is 0.194 e. The molecule has 0 aliphatic carbocycles. The molecule has 7 heteroatoms. The van der Waals surface area contributed by atoms with E-state index in [-0.39, 0.29) is 24.0 Å². The summed E-state index contributed by atoms with van der Waals surface area (Å²) in [7, 11) is 7.84. The first-order valence-electron chi connectivity index (χ1n) is 8.87. The van der Waals surface area contributed by atoms with Crippen LogP contribution in [0.15, 0.2) is 52.1 Å². The van der Waals surface area contributed by atoms with E-state index < -0.39 is 0 Å². The molecule has 1 aromatic heterocycles. The van der Waals surface area contributed by atoms with E-state index in [0.29, 0.717) is 13.2 Å². The molecule has 27 heavy (non-hydrogen) atoms. The molecule has 0 fully saturated rings. The molecule has 2 rings (SSSR count). The SMILES string of the molecule is COCCN=C(NCCc1ccco1)N(C)Cc1cccc(N(C)C)c1.I. The molecule has 1 N–H and O–H groups in total. The fourth-order valence-corrected chi connectivity index (χ4v) is 2.59. The lowest BCUT2D eigenvalue weighted by atomic mass is 10.2. The zero-order chi connectivity index (χ0) is 18.8. The van der Waals surface area contributed by atoms with E-state index in [1.807, 2.05) is 19.2 Å². The van der Waals surface area contributed by atoms with Gasteiger partial charge in [0.05, 0.1) is 19.4 Å². The first-order valence-corrected chi connectivity index (χ1v) is 8.87. The number of anilines is 1. The van der Waals surface area contributed by atoms with Gasteiger partial charge in [-0.2, -0.15) is 0 Å². The van der Waals surface area contributed by atoms with Gasteiger partial charge in [-0.25, -0.2) is 0 Å². The summed E-state index contributed by atoms with van der Waals surface area (Å²) in [6.45, 7) is 2.78. The van der Waals surface area contributed by atoms with Gasteiger partial charge < -0.3 is 24.3 Å². The van der Waals surface area contributed by atoms with Crippen LogP contribution in [0.4, 0.5) is 5.69 Å². The highest BCUT2D eigenvalue weighted by Crippen LogP contribution is 2.14. The molecule has 0 amide bonds. The number of aliphatic imine (C=N–C) groups is 1. The van der Waals surface area contributed by atoms with Gasteiger partial charge in [-0.05, 0) is 29.8 Å². The number of rotatable bonds is 9. The van der Waals surface area contributed by atoms with Crippen LogP contribution in [0.5, 0.6) is 0 Å². The second-order valence-electron chi connectivity index (χ2n) is 6.37. The predicted molar refractivity (Wildman–Crippen MR) is 122 cm³/mol. The maximum atomic E-state index is 5.39. The van der Waals surface area contributed by atoms with Crippen molar-refractivity contribution in [3.8, 4) is 0 Å². The molecule has 2 aromatic rings. The number of nitrogens with zero attached hydrogens (tertiary/aromatic N) is 3. The van der Waals surface area contributed by atoms with Crippen LogP contribution in [0, 0.1) is 0 Å². The van der Waals surface area contributed by atoms with Gasteiger partial charge in [-0.15, -0.1) is 24.0 Å². The van der Waals surface area contributed by atoms with Gasteiger partial charge in [0.1, 0.15) is 5.76 Å². The Kier molecular flexibility index (Phi) is 10.9. The molecule has 0 aliphatic rings. The lowest BCUT2D eigenvalue weighted by Crippen LogP contribution is -2.39. The average Bonchev–Trinajstić information content (AvgIpc) is 3.14. The number of hydrogen-bond acceptors (Lipinski definition) is 4. The van der Waals surface area contributed by atoms with Gasteiger partial charge in [-0.3, -0.25) is 4.99 Å².